The Bertz CT molecular complexity index is 2910. The summed E-state index contributed by atoms with van der Waals surface area (Å²) in [6, 6.07) is 80.0. The van der Waals surface area contributed by atoms with Crippen molar-refractivity contribution in [1.29, 1.82) is 0 Å². The Balaban J connectivity index is 1.04. The van der Waals surface area contributed by atoms with Crippen LogP contribution in [-0.2, 0) is 0 Å². The van der Waals surface area contributed by atoms with E-state index in [4.69, 9.17) is 4.42 Å². The van der Waals surface area contributed by atoms with E-state index in [1.54, 1.807) is 0 Å². The van der Waals surface area contributed by atoms with Gasteiger partial charge in [0.2, 0.25) is 0 Å². The van der Waals surface area contributed by atoms with Crippen molar-refractivity contribution in [3.8, 4) is 55.6 Å². The van der Waals surface area contributed by atoms with Crippen LogP contribution in [0.4, 0.5) is 17.1 Å². The first-order chi connectivity index (χ1) is 27.8. The highest BCUT2D eigenvalue weighted by molar-refractivity contribution is 6.12. The molecule has 10 aromatic rings. The van der Waals surface area contributed by atoms with Crippen LogP contribution in [0.1, 0.15) is 0 Å². The van der Waals surface area contributed by atoms with Crippen molar-refractivity contribution in [2.45, 2.75) is 0 Å². The molecule has 0 radical (unpaired) electrons. The molecule has 0 saturated carbocycles. The molecule has 0 spiro atoms. The van der Waals surface area contributed by atoms with Gasteiger partial charge in [0.25, 0.3) is 0 Å². The molecule has 0 amide bonds. The maximum absolute atomic E-state index is 6.22. The lowest BCUT2D eigenvalue weighted by molar-refractivity contribution is 0.669. The smallest absolute Gasteiger partial charge is 0.136 e. The minimum absolute atomic E-state index is 0.901. The number of fused-ring (bicyclic) bond motifs is 3. The number of hydrogen-bond acceptors (Lipinski definition) is 2. The normalized spacial score (nSPS) is 11.2. The van der Waals surface area contributed by atoms with Crippen molar-refractivity contribution in [1.82, 2.24) is 0 Å². The average Bonchev–Trinajstić information content (AvgIpc) is 3.67. The Labute approximate surface area is 327 Å². The summed E-state index contributed by atoms with van der Waals surface area (Å²) in [7, 11) is 0. The van der Waals surface area contributed by atoms with Gasteiger partial charge in [-0.25, -0.2) is 0 Å². The van der Waals surface area contributed by atoms with E-state index in [1.807, 2.05) is 12.1 Å². The van der Waals surface area contributed by atoms with Gasteiger partial charge in [-0.3, -0.25) is 0 Å². The number of nitrogens with zero attached hydrogens (tertiary/aromatic N) is 1. The number of hydrogen-bond donors (Lipinski definition) is 0. The van der Waals surface area contributed by atoms with Crippen LogP contribution in [0.2, 0.25) is 0 Å². The van der Waals surface area contributed by atoms with Gasteiger partial charge >= 0.3 is 0 Å². The summed E-state index contributed by atoms with van der Waals surface area (Å²) in [6.07, 6.45) is 0. The Hall–Kier alpha value is -7.42. The highest BCUT2D eigenvalue weighted by Gasteiger charge is 2.17. The molecule has 0 aliphatic carbocycles. The van der Waals surface area contributed by atoms with Gasteiger partial charge in [0, 0.05) is 27.8 Å². The van der Waals surface area contributed by atoms with E-state index in [9.17, 15) is 0 Å². The van der Waals surface area contributed by atoms with E-state index in [1.165, 1.54) is 44.5 Å². The van der Waals surface area contributed by atoms with E-state index < -0.39 is 0 Å². The third-order valence-electron chi connectivity index (χ3n) is 10.7. The lowest BCUT2D eigenvalue weighted by Crippen LogP contribution is -2.09. The van der Waals surface area contributed by atoms with E-state index >= 15 is 0 Å². The molecule has 0 aliphatic heterocycles. The van der Waals surface area contributed by atoms with Crippen molar-refractivity contribution < 1.29 is 4.42 Å². The van der Waals surface area contributed by atoms with Crippen LogP contribution < -0.4 is 4.90 Å². The zero-order chi connectivity index (χ0) is 37.3. The second-order valence-electron chi connectivity index (χ2n) is 14.1. The number of anilines is 3. The molecule has 2 nitrogen and oxygen atoms in total. The fraction of sp³-hybridized carbons (Fsp3) is 0. The van der Waals surface area contributed by atoms with Crippen LogP contribution in [0.25, 0.3) is 77.6 Å². The fourth-order valence-corrected chi connectivity index (χ4v) is 7.94. The van der Waals surface area contributed by atoms with Crippen molar-refractivity contribution in [2.75, 3.05) is 4.90 Å². The largest absolute Gasteiger partial charge is 0.456 e. The molecule has 9 aromatic carbocycles. The second-order valence-corrected chi connectivity index (χ2v) is 14.1. The van der Waals surface area contributed by atoms with Crippen LogP contribution >= 0.6 is 0 Å². The zero-order valence-electron chi connectivity index (χ0n) is 30.7. The summed E-state index contributed by atoms with van der Waals surface area (Å²) in [6.45, 7) is 0. The van der Waals surface area contributed by atoms with E-state index in [-0.39, 0.29) is 0 Å². The first-order valence-corrected chi connectivity index (χ1v) is 19.1. The molecule has 0 unspecified atom stereocenters. The molecule has 1 heterocycles. The molecule has 56 heavy (non-hydrogen) atoms. The van der Waals surface area contributed by atoms with E-state index in [0.717, 1.165) is 50.1 Å². The Morgan fingerprint density at radius 2 is 0.696 bits per heavy atom. The molecule has 0 aliphatic rings. The van der Waals surface area contributed by atoms with Crippen LogP contribution in [0, 0.1) is 0 Å². The minimum Gasteiger partial charge on any atom is -0.456 e. The number of benzene rings is 9. The summed E-state index contributed by atoms with van der Waals surface area (Å²) in [5.41, 5.74) is 17.0. The Kier molecular flexibility index (Phi) is 8.55. The first kappa shape index (κ1) is 33.2. The molecule has 2 heteroatoms. The molecule has 0 saturated heterocycles. The molecular weight excluding hydrogens is 679 g/mol. The van der Waals surface area contributed by atoms with Gasteiger partial charge in [-0.1, -0.05) is 170 Å². The molecule has 0 bridgehead atoms. The number of para-hydroxylation sites is 1. The van der Waals surface area contributed by atoms with Gasteiger partial charge < -0.3 is 9.32 Å². The molecule has 0 N–H and O–H groups in total. The van der Waals surface area contributed by atoms with E-state index in [0.29, 0.717) is 0 Å². The second kappa shape index (κ2) is 14.4. The van der Waals surface area contributed by atoms with Gasteiger partial charge in [-0.15, -0.1) is 0 Å². The third-order valence-corrected chi connectivity index (χ3v) is 10.7. The predicted octanol–water partition coefficient (Wildman–Crippen LogP) is 15.4. The molecule has 264 valence electrons. The molecule has 0 fully saturated rings. The SMILES string of the molecule is c1ccc(-c2ccc(N(c3ccc(-c4ccc(-c5ccccc5)c(-c5ccccc5)c4)cc3)c3ccc(-c4cccc5oc6ccccc6c45)cc3)cc2)cc1. The van der Waals surface area contributed by atoms with Crippen molar-refractivity contribution in [2.24, 2.45) is 0 Å². The monoisotopic (exact) mass is 715 g/mol. The topological polar surface area (TPSA) is 16.4 Å². The summed E-state index contributed by atoms with van der Waals surface area (Å²) >= 11 is 0. The highest BCUT2D eigenvalue weighted by Crippen LogP contribution is 2.41. The summed E-state index contributed by atoms with van der Waals surface area (Å²) in [5.74, 6) is 0. The number of furan rings is 1. The van der Waals surface area contributed by atoms with Crippen LogP contribution in [0.5, 0.6) is 0 Å². The van der Waals surface area contributed by atoms with Crippen LogP contribution in [0.15, 0.2) is 229 Å². The minimum atomic E-state index is 0.901. The van der Waals surface area contributed by atoms with Crippen molar-refractivity contribution in [3.05, 3.63) is 224 Å². The Morgan fingerprint density at radius 3 is 1.30 bits per heavy atom. The van der Waals surface area contributed by atoms with Gasteiger partial charge in [-0.05, 0) is 110 Å². The summed E-state index contributed by atoms with van der Waals surface area (Å²) < 4.78 is 6.22. The zero-order valence-corrected chi connectivity index (χ0v) is 30.7. The number of rotatable bonds is 8. The summed E-state index contributed by atoms with van der Waals surface area (Å²) in [5, 5.41) is 2.28. The molecule has 1 aromatic heterocycles. The van der Waals surface area contributed by atoms with Gasteiger partial charge in [0.15, 0.2) is 0 Å². The lowest BCUT2D eigenvalue weighted by Gasteiger charge is -2.26. The fourth-order valence-electron chi connectivity index (χ4n) is 7.94. The van der Waals surface area contributed by atoms with Crippen LogP contribution in [-0.4, -0.2) is 0 Å². The maximum Gasteiger partial charge on any atom is 0.136 e. The molecule has 0 atom stereocenters. The first-order valence-electron chi connectivity index (χ1n) is 19.1. The third kappa shape index (κ3) is 6.24. The van der Waals surface area contributed by atoms with Crippen LogP contribution in [0.3, 0.4) is 0 Å². The van der Waals surface area contributed by atoms with Gasteiger partial charge in [0.05, 0.1) is 0 Å². The maximum atomic E-state index is 6.22. The van der Waals surface area contributed by atoms with Gasteiger partial charge in [-0.2, -0.15) is 0 Å². The molecule has 10 rings (SSSR count). The summed E-state index contributed by atoms with van der Waals surface area (Å²) in [4.78, 5) is 2.34. The molecular formula is C54H37NO. The average molecular weight is 716 g/mol. The van der Waals surface area contributed by atoms with E-state index in [2.05, 4.69) is 217 Å². The standard InChI is InChI=1S/C54H37NO/c1-4-13-38(14-5-1)39-23-30-45(31-24-39)55(47-34-27-43(28-35-47)49-20-12-22-53-54(49)50-19-10-11-21-52(50)56-53)46-32-25-40(26-33-46)44-29-36-48(41-15-6-2-7-16-41)51(37-44)42-17-8-3-9-18-42/h1-37H. The highest BCUT2D eigenvalue weighted by atomic mass is 16.3. The van der Waals surface area contributed by atoms with Gasteiger partial charge in [0.1, 0.15) is 11.2 Å². The van der Waals surface area contributed by atoms with Crippen molar-refractivity contribution >= 4 is 39.0 Å². The lowest BCUT2D eigenvalue weighted by atomic mass is 9.91. The Morgan fingerprint density at radius 1 is 0.268 bits per heavy atom. The quantitative estimate of drug-likeness (QED) is 0.156. The van der Waals surface area contributed by atoms with Crippen molar-refractivity contribution in [3.63, 3.8) is 0 Å². The predicted molar refractivity (Wildman–Crippen MR) is 236 cm³/mol.